The fourth-order valence-electron chi connectivity index (χ4n) is 3.52. The maximum Gasteiger partial charge on any atom is 0.227 e. The van der Waals surface area contributed by atoms with Gasteiger partial charge in [0, 0.05) is 24.6 Å². The molecule has 0 bridgehead atoms. The molecule has 8 heteroatoms. The van der Waals surface area contributed by atoms with E-state index in [4.69, 9.17) is 4.52 Å². The molecule has 0 aliphatic heterocycles. The predicted molar refractivity (Wildman–Crippen MR) is 103 cm³/mol. The minimum atomic E-state index is -0.110. The van der Waals surface area contributed by atoms with E-state index in [0.717, 1.165) is 22.9 Å². The van der Waals surface area contributed by atoms with Crippen LogP contribution >= 0.6 is 11.3 Å². The molecule has 1 saturated carbocycles. The molecule has 0 saturated heterocycles. The Labute approximate surface area is 161 Å². The normalized spacial score (nSPS) is 15.1. The Balaban J connectivity index is 1.25. The molecule has 4 rings (SSSR count). The van der Waals surface area contributed by atoms with Gasteiger partial charge in [-0.1, -0.05) is 43.3 Å². The summed E-state index contributed by atoms with van der Waals surface area (Å²) in [7, 11) is 0. The second kappa shape index (κ2) is 8.47. The fourth-order valence-corrected chi connectivity index (χ4v) is 4.17. The van der Waals surface area contributed by atoms with Gasteiger partial charge in [-0.15, -0.1) is 11.3 Å². The number of aryl methyl sites for hydroxylation is 1. The van der Waals surface area contributed by atoms with Crippen LogP contribution in [0, 0.1) is 5.92 Å². The van der Waals surface area contributed by atoms with Gasteiger partial charge in [0.05, 0.1) is 4.88 Å². The van der Waals surface area contributed by atoms with E-state index < -0.39 is 0 Å². The number of anilines is 1. The van der Waals surface area contributed by atoms with Crippen LogP contribution in [0.1, 0.15) is 50.1 Å². The van der Waals surface area contributed by atoms with Crippen molar-refractivity contribution in [1.29, 1.82) is 0 Å². The molecule has 1 amide bonds. The Morgan fingerprint density at radius 3 is 3.04 bits per heavy atom. The third-order valence-corrected chi connectivity index (χ3v) is 5.77. The lowest BCUT2D eigenvalue weighted by Gasteiger charge is -2.20. The second-order valence-corrected chi connectivity index (χ2v) is 7.97. The zero-order valence-electron chi connectivity index (χ0n) is 15.1. The van der Waals surface area contributed by atoms with Crippen LogP contribution in [-0.4, -0.2) is 26.2 Å². The second-order valence-electron chi connectivity index (χ2n) is 7.02. The topological polar surface area (TPSA) is 96.7 Å². The summed E-state index contributed by atoms with van der Waals surface area (Å²) in [5.41, 5.74) is 1.09. The third-order valence-electron chi connectivity index (χ3n) is 4.91. The first-order chi connectivity index (χ1) is 13.3. The average Bonchev–Trinajstić information content (AvgIpc) is 3.43. The van der Waals surface area contributed by atoms with Crippen molar-refractivity contribution in [2.24, 2.45) is 5.92 Å². The number of H-pyrrole nitrogens is 1. The van der Waals surface area contributed by atoms with Crippen LogP contribution in [0.15, 0.2) is 28.1 Å². The van der Waals surface area contributed by atoms with Crippen LogP contribution < -0.4 is 5.32 Å². The first kappa shape index (κ1) is 17.9. The number of hydrogen-bond acceptors (Lipinski definition) is 6. The highest BCUT2D eigenvalue weighted by atomic mass is 32.1. The van der Waals surface area contributed by atoms with Gasteiger partial charge in [-0.2, -0.15) is 10.1 Å². The molecule has 0 unspecified atom stereocenters. The summed E-state index contributed by atoms with van der Waals surface area (Å²) in [6.07, 6.45) is 8.28. The number of amides is 1. The number of thiophene rings is 1. The van der Waals surface area contributed by atoms with Crippen molar-refractivity contribution < 1.29 is 9.32 Å². The van der Waals surface area contributed by atoms with E-state index in [0.29, 0.717) is 24.0 Å². The van der Waals surface area contributed by atoms with E-state index in [2.05, 4.69) is 25.7 Å². The molecule has 2 N–H and O–H groups in total. The molecule has 1 fully saturated rings. The number of aromatic amines is 1. The number of nitrogens with one attached hydrogen (secondary N) is 2. The first-order valence-electron chi connectivity index (χ1n) is 9.47. The molecule has 0 atom stereocenters. The van der Waals surface area contributed by atoms with Gasteiger partial charge in [0.25, 0.3) is 0 Å². The number of carbonyl (C=O) groups is 1. The van der Waals surface area contributed by atoms with Gasteiger partial charge < -0.3 is 9.84 Å². The molecule has 3 heterocycles. The Bertz CT molecular complexity index is 864. The molecule has 3 aromatic rings. The number of rotatable bonds is 7. The number of hydrogen-bond donors (Lipinski definition) is 2. The van der Waals surface area contributed by atoms with Crippen molar-refractivity contribution >= 4 is 23.1 Å². The summed E-state index contributed by atoms with van der Waals surface area (Å²) >= 11 is 1.55. The first-order valence-corrected chi connectivity index (χ1v) is 10.3. The van der Waals surface area contributed by atoms with Crippen LogP contribution in [0.25, 0.3) is 10.7 Å². The molecule has 3 aromatic heterocycles. The minimum Gasteiger partial charge on any atom is -0.339 e. The van der Waals surface area contributed by atoms with E-state index in [9.17, 15) is 4.79 Å². The maximum atomic E-state index is 12.2. The van der Waals surface area contributed by atoms with E-state index >= 15 is 0 Å². The quantitative estimate of drug-likeness (QED) is 0.635. The maximum absolute atomic E-state index is 12.2. The van der Waals surface area contributed by atoms with Gasteiger partial charge in [-0.05, 0) is 23.8 Å². The van der Waals surface area contributed by atoms with Gasteiger partial charge in [0.1, 0.15) is 0 Å². The number of nitrogens with zero attached hydrogens (tertiary/aromatic N) is 3. The Morgan fingerprint density at radius 1 is 1.33 bits per heavy atom. The molecule has 7 nitrogen and oxygen atoms in total. The highest BCUT2D eigenvalue weighted by Gasteiger charge is 2.16. The van der Waals surface area contributed by atoms with Crippen LogP contribution in [-0.2, 0) is 17.6 Å². The molecule has 142 valence electrons. The Kier molecular flexibility index (Phi) is 5.62. The van der Waals surface area contributed by atoms with Crippen LogP contribution in [0.3, 0.4) is 0 Å². The predicted octanol–water partition coefficient (Wildman–Crippen LogP) is 4.22. The average molecular weight is 385 g/mol. The van der Waals surface area contributed by atoms with Crippen LogP contribution in [0.5, 0.6) is 0 Å². The summed E-state index contributed by atoms with van der Waals surface area (Å²) in [6, 6.07) is 5.82. The van der Waals surface area contributed by atoms with Gasteiger partial charge in [0.15, 0.2) is 5.82 Å². The number of aromatic nitrogens is 4. The zero-order chi connectivity index (χ0) is 18.5. The summed E-state index contributed by atoms with van der Waals surface area (Å²) in [5.74, 6) is 2.24. The lowest BCUT2D eigenvalue weighted by Crippen LogP contribution is -2.12. The molecular formula is C19H23N5O2S. The molecule has 1 aliphatic carbocycles. The summed E-state index contributed by atoms with van der Waals surface area (Å²) in [4.78, 5) is 17.5. The van der Waals surface area contributed by atoms with Crippen molar-refractivity contribution in [2.75, 3.05) is 5.32 Å². The van der Waals surface area contributed by atoms with Crippen molar-refractivity contribution in [3.63, 3.8) is 0 Å². The molecule has 0 spiro atoms. The van der Waals surface area contributed by atoms with E-state index in [1.165, 1.54) is 32.1 Å². The van der Waals surface area contributed by atoms with Crippen molar-refractivity contribution in [3.05, 3.63) is 35.2 Å². The monoisotopic (exact) mass is 385 g/mol. The third kappa shape index (κ3) is 4.82. The van der Waals surface area contributed by atoms with Crippen LogP contribution in [0.2, 0.25) is 0 Å². The van der Waals surface area contributed by atoms with Crippen molar-refractivity contribution in [3.8, 4) is 10.7 Å². The number of carbonyl (C=O) groups excluding carboxylic acids is 1. The fraction of sp³-hybridized carbons (Fsp3) is 0.474. The van der Waals surface area contributed by atoms with Gasteiger partial charge in [-0.25, -0.2) is 0 Å². The molecule has 27 heavy (non-hydrogen) atoms. The lowest BCUT2D eigenvalue weighted by atomic mass is 9.86. The smallest absolute Gasteiger partial charge is 0.227 e. The summed E-state index contributed by atoms with van der Waals surface area (Å²) in [6.45, 7) is 0. The summed E-state index contributed by atoms with van der Waals surface area (Å²) in [5, 5.41) is 16.0. The SMILES string of the molecule is O=C(CCc1nc(-c2cccs2)no1)Nc1cc(CC2CCCCC2)[nH]n1. The highest BCUT2D eigenvalue weighted by molar-refractivity contribution is 7.13. The van der Waals surface area contributed by atoms with Gasteiger partial charge in [-0.3, -0.25) is 9.89 Å². The Morgan fingerprint density at radius 2 is 2.22 bits per heavy atom. The standard InChI is InChI=1S/C19H23N5O2S/c25-17(8-9-18-21-19(24-26-18)15-7-4-10-27-15)20-16-12-14(22-23-16)11-13-5-2-1-3-6-13/h4,7,10,12-13H,1-3,5-6,8-9,11H2,(H2,20,22,23,25). The molecule has 0 radical (unpaired) electrons. The van der Waals surface area contributed by atoms with Gasteiger partial charge >= 0.3 is 0 Å². The molecule has 0 aromatic carbocycles. The molecular weight excluding hydrogens is 362 g/mol. The van der Waals surface area contributed by atoms with E-state index in [-0.39, 0.29) is 12.3 Å². The van der Waals surface area contributed by atoms with Crippen LogP contribution in [0.4, 0.5) is 5.82 Å². The lowest BCUT2D eigenvalue weighted by molar-refractivity contribution is -0.116. The van der Waals surface area contributed by atoms with Crippen molar-refractivity contribution in [1.82, 2.24) is 20.3 Å². The van der Waals surface area contributed by atoms with Crippen molar-refractivity contribution in [2.45, 2.75) is 51.4 Å². The largest absolute Gasteiger partial charge is 0.339 e. The molecule has 1 aliphatic rings. The minimum absolute atomic E-state index is 0.110. The Hall–Kier alpha value is -2.48. The zero-order valence-corrected chi connectivity index (χ0v) is 15.9. The van der Waals surface area contributed by atoms with E-state index in [1.54, 1.807) is 11.3 Å². The van der Waals surface area contributed by atoms with Gasteiger partial charge in [0.2, 0.25) is 17.6 Å². The summed E-state index contributed by atoms with van der Waals surface area (Å²) < 4.78 is 5.22. The van der Waals surface area contributed by atoms with E-state index in [1.807, 2.05) is 23.6 Å². The highest BCUT2D eigenvalue weighted by Crippen LogP contribution is 2.27.